The quantitative estimate of drug-likeness (QED) is 0.391. The van der Waals surface area contributed by atoms with Crippen LogP contribution in [-0.2, 0) is 11.3 Å². The Balaban J connectivity index is 2.33. The zero-order valence-electron chi connectivity index (χ0n) is 14.9. The topological polar surface area (TPSA) is 66.1 Å². The lowest BCUT2D eigenvalue weighted by molar-refractivity contribution is -0.131. The van der Waals surface area contributed by atoms with Gasteiger partial charge in [-0.2, -0.15) is 4.68 Å². The third kappa shape index (κ3) is 3.30. The summed E-state index contributed by atoms with van der Waals surface area (Å²) in [5.41, 5.74) is 0.624. The van der Waals surface area contributed by atoms with Gasteiger partial charge in [-0.3, -0.25) is 14.2 Å². The predicted molar refractivity (Wildman–Crippen MR) is 102 cm³/mol. The van der Waals surface area contributed by atoms with E-state index in [1.807, 2.05) is 37.3 Å². The molecule has 3 aromatic rings. The van der Waals surface area contributed by atoms with E-state index in [4.69, 9.17) is 17.0 Å². The van der Waals surface area contributed by atoms with E-state index in [0.717, 1.165) is 17.2 Å². The van der Waals surface area contributed by atoms with E-state index in [1.54, 1.807) is 10.6 Å². The van der Waals surface area contributed by atoms with Crippen LogP contribution in [0.3, 0.4) is 0 Å². The number of hydrogen-bond acceptors (Lipinski definition) is 5. The molecular formula is C19H19N3O3S. The van der Waals surface area contributed by atoms with E-state index >= 15 is 0 Å². The van der Waals surface area contributed by atoms with Gasteiger partial charge in [0.1, 0.15) is 5.75 Å². The molecule has 1 aromatic heterocycles. The highest BCUT2D eigenvalue weighted by Crippen LogP contribution is 2.34. The van der Waals surface area contributed by atoms with Crippen LogP contribution in [0.5, 0.6) is 5.75 Å². The molecule has 3 rings (SSSR count). The van der Waals surface area contributed by atoms with Gasteiger partial charge in [-0.05, 0) is 41.5 Å². The lowest BCUT2D eigenvalue weighted by atomic mass is 10.1. The molecule has 0 spiro atoms. The van der Waals surface area contributed by atoms with Crippen molar-refractivity contribution in [2.45, 2.75) is 33.7 Å². The van der Waals surface area contributed by atoms with Crippen LogP contribution in [0.4, 0.5) is 0 Å². The fourth-order valence-electron chi connectivity index (χ4n) is 2.86. The minimum atomic E-state index is -0.423. The molecule has 7 heteroatoms. The highest BCUT2D eigenvalue weighted by molar-refractivity contribution is 7.71. The Morgan fingerprint density at radius 3 is 2.38 bits per heavy atom. The standard InChI is InChI=1S/C19H19N3O3S/c1-4-9-21-18(20-22(12(2)23)19(21)26)16-10-14-7-5-6-8-15(14)11-17(16)25-13(3)24/h5-8,10-11H,4,9H2,1-3H3. The summed E-state index contributed by atoms with van der Waals surface area (Å²) in [7, 11) is 0. The molecule has 0 aliphatic rings. The molecule has 0 saturated carbocycles. The number of esters is 1. The minimum Gasteiger partial charge on any atom is -0.426 e. The van der Waals surface area contributed by atoms with E-state index in [2.05, 4.69) is 5.10 Å². The smallest absolute Gasteiger partial charge is 0.308 e. The molecule has 0 amide bonds. The first-order chi connectivity index (χ1) is 12.4. The Morgan fingerprint density at radius 2 is 1.81 bits per heavy atom. The summed E-state index contributed by atoms with van der Waals surface area (Å²) in [6.45, 7) is 5.39. The summed E-state index contributed by atoms with van der Waals surface area (Å²) in [6, 6.07) is 11.5. The van der Waals surface area contributed by atoms with Crippen LogP contribution >= 0.6 is 12.2 Å². The van der Waals surface area contributed by atoms with Crippen LogP contribution in [0.2, 0.25) is 0 Å². The van der Waals surface area contributed by atoms with Crippen LogP contribution in [0.1, 0.15) is 32.0 Å². The molecule has 2 aromatic carbocycles. The maximum absolute atomic E-state index is 11.9. The van der Waals surface area contributed by atoms with Crippen molar-refractivity contribution in [3.05, 3.63) is 41.2 Å². The average Bonchev–Trinajstić information content (AvgIpc) is 2.91. The molecule has 0 N–H and O–H groups in total. The monoisotopic (exact) mass is 369 g/mol. The number of carbonyl (C=O) groups is 2. The van der Waals surface area contributed by atoms with Gasteiger partial charge in [0.25, 0.3) is 0 Å². The molecule has 0 atom stereocenters. The Bertz CT molecular complexity index is 1070. The van der Waals surface area contributed by atoms with Crippen molar-refractivity contribution in [3.8, 4) is 17.1 Å². The van der Waals surface area contributed by atoms with Gasteiger partial charge in [0.2, 0.25) is 10.7 Å². The van der Waals surface area contributed by atoms with E-state index in [0.29, 0.717) is 28.5 Å². The van der Waals surface area contributed by atoms with Crippen molar-refractivity contribution >= 4 is 34.9 Å². The van der Waals surface area contributed by atoms with Gasteiger partial charge < -0.3 is 4.74 Å². The number of ether oxygens (including phenoxy) is 1. The second-order valence-electron chi connectivity index (χ2n) is 5.98. The van der Waals surface area contributed by atoms with Crippen LogP contribution in [-0.4, -0.2) is 26.2 Å². The van der Waals surface area contributed by atoms with Crippen LogP contribution in [0.25, 0.3) is 22.2 Å². The Labute approximate surface area is 156 Å². The SMILES string of the molecule is CCCn1c(-c2cc3ccccc3cc2OC(C)=O)nn(C(C)=O)c1=S. The highest BCUT2D eigenvalue weighted by Gasteiger charge is 2.19. The minimum absolute atomic E-state index is 0.263. The van der Waals surface area contributed by atoms with Gasteiger partial charge >= 0.3 is 5.97 Å². The molecule has 0 aliphatic carbocycles. The first-order valence-corrected chi connectivity index (χ1v) is 8.75. The van der Waals surface area contributed by atoms with Gasteiger partial charge in [-0.1, -0.05) is 31.2 Å². The second-order valence-corrected chi connectivity index (χ2v) is 6.34. The Morgan fingerprint density at radius 1 is 1.15 bits per heavy atom. The number of rotatable bonds is 4. The summed E-state index contributed by atoms with van der Waals surface area (Å²) >= 11 is 5.42. The number of fused-ring (bicyclic) bond motifs is 1. The molecule has 0 saturated heterocycles. The molecule has 0 fully saturated rings. The van der Waals surface area contributed by atoms with E-state index in [-0.39, 0.29) is 5.91 Å². The molecule has 134 valence electrons. The van der Waals surface area contributed by atoms with Crippen molar-refractivity contribution in [1.82, 2.24) is 14.3 Å². The van der Waals surface area contributed by atoms with Gasteiger partial charge in [-0.15, -0.1) is 5.10 Å². The molecule has 0 aliphatic heterocycles. The largest absolute Gasteiger partial charge is 0.426 e. The average molecular weight is 369 g/mol. The van der Waals surface area contributed by atoms with Crippen molar-refractivity contribution in [2.24, 2.45) is 0 Å². The van der Waals surface area contributed by atoms with E-state index in [9.17, 15) is 9.59 Å². The lowest BCUT2D eigenvalue weighted by Gasteiger charge is -2.12. The van der Waals surface area contributed by atoms with Crippen LogP contribution in [0, 0.1) is 4.77 Å². The number of hydrogen-bond donors (Lipinski definition) is 0. The predicted octanol–water partition coefficient (Wildman–Crippen LogP) is 4.23. The zero-order valence-corrected chi connectivity index (χ0v) is 15.7. The van der Waals surface area contributed by atoms with E-state index < -0.39 is 5.97 Å². The summed E-state index contributed by atoms with van der Waals surface area (Å²) in [5, 5.41) is 6.33. The van der Waals surface area contributed by atoms with E-state index in [1.165, 1.54) is 18.5 Å². The normalized spacial score (nSPS) is 10.9. The zero-order chi connectivity index (χ0) is 18.8. The number of nitrogens with zero attached hydrogens (tertiary/aromatic N) is 3. The number of benzene rings is 2. The molecule has 0 radical (unpaired) electrons. The van der Waals surface area contributed by atoms with Gasteiger partial charge in [0, 0.05) is 20.4 Å². The van der Waals surface area contributed by atoms with Crippen molar-refractivity contribution < 1.29 is 14.3 Å². The maximum atomic E-state index is 11.9. The number of aromatic nitrogens is 3. The van der Waals surface area contributed by atoms with Crippen LogP contribution in [0.15, 0.2) is 36.4 Å². The fraction of sp³-hybridized carbons (Fsp3) is 0.263. The van der Waals surface area contributed by atoms with Gasteiger partial charge in [0.15, 0.2) is 5.82 Å². The third-order valence-corrected chi connectivity index (χ3v) is 4.34. The first-order valence-electron chi connectivity index (χ1n) is 8.34. The first kappa shape index (κ1) is 18.0. The molecule has 0 unspecified atom stereocenters. The van der Waals surface area contributed by atoms with Crippen molar-refractivity contribution in [2.75, 3.05) is 0 Å². The second kappa shape index (κ2) is 7.21. The summed E-state index contributed by atoms with van der Waals surface area (Å²) in [5.74, 6) is 0.215. The third-order valence-electron chi connectivity index (χ3n) is 3.95. The fourth-order valence-corrected chi connectivity index (χ4v) is 3.21. The maximum Gasteiger partial charge on any atom is 0.308 e. The summed E-state index contributed by atoms with van der Waals surface area (Å²) in [6.07, 6.45) is 0.821. The molecule has 6 nitrogen and oxygen atoms in total. The molecule has 1 heterocycles. The lowest BCUT2D eigenvalue weighted by Crippen LogP contribution is -2.08. The molecule has 26 heavy (non-hydrogen) atoms. The Hall–Kier alpha value is -2.80. The Kier molecular flexibility index (Phi) is 4.99. The molecule has 0 bridgehead atoms. The van der Waals surface area contributed by atoms with Crippen molar-refractivity contribution in [3.63, 3.8) is 0 Å². The number of carbonyl (C=O) groups excluding carboxylic acids is 2. The summed E-state index contributed by atoms with van der Waals surface area (Å²) in [4.78, 5) is 23.5. The highest BCUT2D eigenvalue weighted by atomic mass is 32.1. The van der Waals surface area contributed by atoms with Crippen LogP contribution < -0.4 is 4.74 Å². The molecular weight excluding hydrogens is 350 g/mol. The van der Waals surface area contributed by atoms with Crippen molar-refractivity contribution in [1.29, 1.82) is 0 Å². The van der Waals surface area contributed by atoms with Gasteiger partial charge in [-0.25, -0.2) is 0 Å². The summed E-state index contributed by atoms with van der Waals surface area (Å²) < 4.78 is 8.76. The van der Waals surface area contributed by atoms with Gasteiger partial charge in [0.05, 0.1) is 5.56 Å².